The summed E-state index contributed by atoms with van der Waals surface area (Å²) in [5.74, 6) is 1.03. The van der Waals surface area contributed by atoms with Gasteiger partial charge in [-0.2, -0.15) is 0 Å². The highest BCUT2D eigenvalue weighted by atomic mass is 19.1. The van der Waals surface area contributed by atoms with Gasteiger partial charge in [0.2, 0.25) is 0 Å². The second-order valence-corrected chi connectivity index (χ2v) is 7.23. The van der Waals surface area contributed by atoms with E-state index in [1.807, 2.05) is 0 Å². The highest BCUT2D eigenvalue weighted by Gasteiger charge is 2.23. The van der Waals surface area contributed by atoms with Gasteiger partial charge in [-0.05, 0) is 49.1 Å². The van der Waals surface area contributed by atoms with Gasteiger partial charge in [-0.1, -0.05) is 0 Å². The fraction of sp³-hybridized carbons (Fsp3) is 0.182. The predicted molar refractivity (Wildman–Crippen MR) is 110 cm³/mol. The predicted octanol–water partition coefficient (Wildman–Crippen LogP) is 4.20. The average Bonchev–Trinajstić information content (AvgIpc) is 3.49. The number of halogens is 1. The zero-order valence-corrected chi connectivity index (χ0v) is 15.9. The molecular formula is C22H18FN5O2. The summed E-state index contributed by atoms with van der Waals surface area (Å²) in [5, 5.41) is 2.87. The highest BCUT2D eigenvalue weighted by molar-refractivity contribution is 6.11. The Morgan fingerprint density at radius 2 is 2.00 bits per heavy atom. The number of aromatic amines is 1. The number of amides is 1. The number of benzene rings is 1. The minimum atomic E-state index is -0.332. The Morgan fingerprint density at radius 1 is 1.17 bits per heavy atom. The van der Waals surface area contributed by atoms with Crippen LogP contribution in [0.1, 0.15) is 23.2 Å². The molecule has 0 saturated heterocycles. The molecule has 1 aliphatic carbocycles. The number of ether oxygens (including phenoxy) is 1. The zero-order valence-electron chi connectivity index (χ0n) is 15.9. The lowest BCUT2D eigenvalue weighted by molar-refractivity contribution is 0.102. The quantitative estimate of drug-likeness (QED) is 0.503. The molecule has 1 amide bonds. The molecule has 4 aromatic rings. The first kappa shape index (κ1) is 18.2. The minimum Gasteiger partial charge on any atom is -0.491 e. The SMILES string of the molecule is O=C(Nc1cnccc1OCC1CC1)c1ccnc2nc(-c3ccc(F)cc3)[nH]c12. The van der Waals surface area contributed by atoms with Gasteiger partial charge >= 0.3 is 0 Å². The van der Waals surface area contributed by atoms with Gasteiger partial charge < -0.3 is 15.0 Å². The Balaban J connectivity index is 1.43. The number of imidazole rings is 1. The maximum Gasteiger partial charge on any atom is 0.258 e. The number of pyridine rings is 2. The summed E-state index contributed by atoms with van der Waals surface area (Å²) in [6.45, 7) is 0.633. The number of H-pyrrole nitrogens is 1. The van der Waals surface area contributed by atoms with Crippen molar-refractivity contribution in [3.05, 3.63) is 66.4 Å². The molecule has 0 aliphatic heterocycles. The van der Waals surface area contributed by atoms with Gasteiger partial charge in [-0.15, -0.1) is 0 Å². The topological polar surface area (TPSA) is 92.8 Å². The van der Waals surface area contributed by atoms with E-state index < -0.39 is 0 Å². The molecule has 1 fully saturated rings. The van der Waals surface area contributed by atoms with Crippen molar-refractivity contribution < 1.29 is 13.9 Å². The summed E-state index contributed by atoms with van der Waals surface area (Å²) >= 11 is 0. The van der Waals surface area contributed by atoms with Crippen LogP contribution in [0.4, 0.5) is 10.1 Å². The molecule has 7 nitrogen and oxygen atoms in total. The lowest BCUT2D eigenvalue weighted by atomic mass is 10.2. The molecule has 5 rings (SSSR count). The summed E-state index contributed by atoms with van der Waals surface area (Å²) in [5.41, 5.74) is 2.49. The third-order valence-corrected chi connectivity index (χ3v) is 4.96. The first-order chi connectivity index (χ1) is 14.7. The van der Waals surface area contributed by atoms with Crippen LogP contribution in [-0.4, -0.2) is 32.4 Å². The summed E-state index contributed by atoms with van der Waals surface area (Å²) in [7, 11) is 0. The Labute approximate surface area is 171 Å². The number of hydrogen-bond donors (Lipinski definition) is 2. The van der Waals surface area contributed by atoms with Crippen LogP contribution in [0, 0.1) is 11.7 Å². The first-order valence-corrected chi connectivity index (χ1v) is 9.66. The van der Waals surface area contributed by atoms with Crippen molar-refractivity contribution in [3.63, 3.8) is 0 Å². The van der Waals surface area contributed by atoms with Gasteiger partial charge in [0.25, 0.3) is 5.91 Å². The molecule has 3 heterocycles. The number of fused-ring (bicyclic) bond motifs is 1. The number of rotatable bonds is 6. The van der Waals surface area contributed by atoms with Crippen LogP contribution in [0.25, 0.3) is 22.6 Å². The van der Waals surface area contributed by atoms with Crippen molar-refractivity contribution in [2.75, 3.05) is 11.9 Å². The summed E-state index contributed by atoms with van der Waals surface area (Å²) in [4.78, 5) is 28.9. The number of carbonyl (C=O) groups is 1. The molecule has 30 heavy (non-hydrogen) atoms. The van der Waals surface area contributed by atoms with Crippen molar-refractivity contribution in [3.8, 4) is 17.1 Å². The van der Waals surface area contributed by atoms with Crippen LogP contribution in [0.2, 0.25) is 0 Å². The fourth-order valence-electron chi connectivity index (χ4n) is 3.13. The third kappa shape index (κ3) is 3.71. The summed E-state index contributed by atoms with van der Waals surface area (Å²) < 4.78 is 19.0. The van der Waals surface area contributed by atoms with Crippen LogP contribution in [0.5, 0.6) is 5.75 Å². The van der Waals surface area contributed by atoms with Gasteiger partial charge in [0.15, 0.2) is 5.65 Å². The average molecular weight is 403 g/mol. The van der Waals surface area contributed by atoms with Gasteiger partial charge in [-0.3, -0.25) is 9.78 Å². The van der Waals surface area contributed by atoms with Gasteiger partial charge in [0, 0.05) is 24.0 Å². The molecule has 0 radical (unpaired) electrons. The van der Waals surface area contributed by atoms with Crippen LogP contribution in [-0.2, 0) is 0 Å². The maximum atomic E-state index is 13.2. The van der Waals surface area contributed by atoms with Crippen molar-refractivity contribution in [2.24, 2.45) is 5.92 Å². The van der Waals surface area contributed by atoms with E-state index in [9.17, 15) is 9.18 Å². The van der Waals surface area contributed by atoms with Gasteiger partial charge in [-0.25, -0.2) is 14.4 Å². The van der Waals surface area contributed by atoms with E-state index >= 15 is 0 Å². The van der Waals surface area contributed by atoms with Crippen molar-refractivity contribution >= 4 is 22.8 Å². The smallest absolute Gasteiger partial charge is 0.258 e. The van der Waals surface area contributed by atoms with Gasteiger partial charge in [0.05, 0.1) is 23.9 Å². The monoisotopic (exact) mass is 403 g/mol. The second kappa shape index (κ2) is 7.55. The van der Waals surface area contributed by atoms with E-state index in [0.717, 1.165) is 0 Å². The Hall–Kier alpha value is -3.81. The Bertz CT molecular complexity index is 1220. The number of anilines is 1. The normalized spacial score (nSPS) is 13.4. The first-order valence-electron chi connectivity index (χ1n) is 9.66. The molecule has 2 N–H and O–H groups in total. The second-order valence-electron chi connectivity index (χ2n) is 7.23. The van der Waals surface area contributed by atoms with Crippen LogP contribution in [0.3, 0.4) is 0 Å². The number of aromatic nitrogens is 4. The molecule has 1 aliphatic rings. The van der Waals surface area contributed by atoms with Gasteiger partial charge in [0.1, 0.15) is 23.1 Å². The van der Waals surface area contributed by atoms with E-state index in [0.29, 0.717) is 52.1 Å². The lowest BCUT2D eigenvalue weighted by Crippen LogP contribution is -2.14. The third-order valence-electron chi connectivity index (χ3n) is 4.96. The van der Waals surface area contributed by atoms with Crippen molar-refractivity contribution in [1.29, 1.82) is 0 Å². The molecule has 150 valence electrons. The number of hydrogen-bond acceptors (Lipinski definition) is 5. The van der Waals surface area contributed by atoms with E-state index in [2.05, 4.69) is 25.3 Å². The number of nitrogens with zero attached hydrogens (tertiary/aromatic N) is 3. The fourth-order valence-corrected chi connectivity index (χ4v) is 3.13. The van der Waals surface area contributed by atoms with Crippen LogP contribution >= 0.6 is 0 Å². The van der Waals surface area contributed by atoms with Crippen LogP contribution in [0.15, 0.2) is 55.0 Å². The largest absolute Gasteiger partial charge is 0.491 e. The van der Waals surface area contributed by atoms with E-state index in [4.69, 9.17) is 4.74 Å². The number of nitrogens with one attached hydrogen (secondary N) is 2. The minimum absolute atomic E-state index is 0.329. The molecule has 1 saturated carbocycles. The highest BCUT2D eigenvalue weighted by Crippen LogP contribution is 2.31. The summed E-state index contributed by atoms with van der Waals surface area (Å²) in [6, 6.07) is 9.30. The maximum absolute atomic E-state index is 13.2. The number of carbonyl (C=O) groups excluding carboxylic acids is 1. The van der Waals surface area contributed by atoms with Crippen LogP contribution < -0.4 is 10.1 Å². The Kier molecular flexibility index (Phi) is 4.59. The van der Waals surface area contributed by atoms with E-state index in [1.165, 1.54) is 31.2 Å². The standard InChI is InChI=1S/C22H18FN5O2/c23-15-5-3-14(4-6-15)20-27-19-16(7-10-25-21(19)28-20)22(29)26-17-11-24-9-8-18(17)30-12-13-1-2-13/h3-11,13H,1-2,12H2,(H,26,29)(H,25,27,28). The Morgan fingerprint density at radius 3 is 2.80 bits per heavy atom. The molecular weight excluding hydrogens is 385 g/mol. The molecule has 0 spiro atoms. The lowest BCUT2D eigenvalue weighted by Gasteiger charge is -2.12. The van der Waals surface area contributed by atoms with Crippen molar-refractivity contribution in [2.45, 2.75) is 12.8 Å². The van der Waals surface area contributed by atoms with Crippen molar-refractivity contribution in [1.82, 2.24) is 19.9 Å². The van der Waals surface area contributed by atoms with E-state index in [1.54, 1.807) is 36.7 Å². The molecule has 3 aromatic heterocycles. The molecule has 0 bridgehead atoms. The van der Waals surface area contributed by atoms with E-state index in [-0.39, 0.29) is 11.7 Å². The summed E-state index contributed by atoms with van der Waals surface area (Å²) in [6.07, 6.45) is 7.08. The molecule has 0 unspecified atom stereocenters. The molecule has 0 atom stereocenters. The molecule has 1 aromatic carbocycles. The zero-order chi connectivity index (χ0) is 20.5. The molecule has 8 heteroatoms.